The van der Waals surface area contributed by atoms with Gasteiger partial charge < -0.3 is 33.0 Å². The summed E-state index contributed by atoms with van der Waals surface area (Å²) in [5.74, 6) is -0.363. The Morgan fingerprint density at radius 3 is 1.23 bits per heavy atom. The van der Waals surface area contributed by atoms with E-state index < -0.39 is 104 Å². The lowest BCUT2D eigenvalue weighted by Crippen LogP contribution is -2.59. The normalized spacial score (nSPS) is 15.1. The Kier molecular flexibility index (Phi) is 23.6. The van der Waals surface area contributed by atoms with Crippen LogP contribution in [0.2, 0.25) is 0 Å². The summed E-state index contributed by atoms with van der Waals surface area (Å²) in [5.41, 5.74) is 0.793. The molecule has 0 atom stereocenters. The zero-order valence-electron chi connectivity index (χ0n) is 52.8. The number of carbonyl (C=O) groups is 1. The van der Waals surface area contributed by atoms with Gasteiger partial charge in [-0.2, -0.15) is 52.7 Å². The molecule has 0 saturated carbocycles. The van der Waals surface area contributed by atoms with E-state index in [1.54, 1.807) is 44.4 Å². The maximum Gasteiger partial charge on any atom is 0.495 e. The summed E-state index contributed by atoms with van der Waals surface area (Å²) in [7, 11) is 2.76. The molecule has 88 heavy (non-hydrogen) atoms. The van der Waals surface area contributed by atoms with Gasteiger partial charge in [-0.15, -0.1) is 0 Å². The van der Waals surface area contributed by atoms with Gasteiger partial charge in [-0.25, -0.2) is 0 Å². The van der Waals surface area contributed by atoms with Crippen LogP contribution in [0.1, 0.15) is 155 Å². The molecule has 6 rings (SSSR count). The summed E-state index contributed by atoms with van der Waals surface area (Å²) in [4.78, 5) is 16.0. The lowest BCUT2D eigenvalue weighted by atomic mass is 9.67. The van der Waals surface area contributed by atoms with Crippen molar-refractivity contribution in [2.75, 3.05) is 34.9 Å². The molecular weight excluding hydrogens is 1170 g/mol. The average molecular weight is 1260 g/mol. The zero-order valence-corrected chi connectivity index (χ0v) is 52.8. The number of alkyl halides is 12. The van der Waals surface area contributed by atoms with Gasteiger partial charge in [0.25, 0.3) is 11.2 Å². The Hall–Kier alpha value is -5.52. The van der Waals surface area contributed by atoms with Gasteiger partial charge >= 0.3 is 37.8 Å². The molecule has 1 aliphatic rings. The fourth-order valence-corrected chi connectivity index (χ4v) is 11.8. The number of nitrogens with zero attached hydrogens (tertiary/aromatic N) is 1. The summed E-state index contributed by atoms with van der Waals surface area (Å²) in [5, 5.41) is 0. The van der Waals surface area contributed by atoms with Crippen LogP contribution in [0.25, 0.3) is 11.1 Å². The number of halogens is 12. The van der Waals surface area contributed by atoms with Crippen LogP contribution >= 0.6 is 0 Å². The van der Waals surface area contributed by atoms with Crippen molar-refractivity contribution < 1.29 is 90.5 Å². The molecule has 2 heterocycles. The van der Waals surface area contributed by atoms with Crippen LogP contribution in [0.4, 0.5) is 52.7 Å². The van der Waals surface area contributed by atoms with Crippen LogP contribution in [0.5, 0.6) is 0 Å². The van der Waals surface area contributed by atoms with Crippen LogP contribution in [0.15, 0.2) is 91.3 Å². The molecule has 5 aromatic rings. The Balaban J connectivity index is 0.000000321. The van der Waals surface area contributed by atoms with E-state index in [4.69, 9.17) is 14.0 Å². The van der Waals surface area contributed by atoms with E-state index in [1.807, 2.05) is 97.9 Å². The monoisotopic (exact) mass is 1260 g/mol. The number of pyridine rings is 1. The van der Waals surface area contributed by atoms with Crippen molar-refractivity contribution in [3.05, 3.63) is 152 Å². The van der Waals surface area contributed by atoms with Crippen molar-refractivity contribution in [3.8, 4) is 11.1 Å². The molecule has 1 saturated heterocycles. The molecule has 0 N–H and O–H groups in total. The van der Waals surface area contributed by atoms with Crippen molar-refractivity contribution >= 4 is 18.6 Å². The number of hydrogen-bond acceptors (Lipinski definition) is 9. The molecule has 0 amide bonds. The maximum atomic E-state index is 13.8. The quantitative estimate of drug-likeness (QED) is 0.0259. The first-order valence-electron chi connectivity index (χ1n) is 29.1. The second-order valence-electron chi connectivity index (χ2n) is 23.6. The van der Waals surface area contributed by atoms with E-state index in [-0.39, 0.29) is 12.4 Å². The van der Waals surface area contributed by atoms with Gasteiger partial charge in [-0.3, -0.25) is 9.78 Å². The summed E-state index contributed by atoms with van der Waals surface area (Å²) in [6.07, 6.45) is -20.1. The lowest BCUT2D eigenvalue weighted by molar-refractivity contribution is -0.394. The van der Waals surface area contributed by atoms with Crippen LogP contribution < -0.4 is 5.46 Å². The Bertz CT molecular complexity index is 3100. The Morgan fingerprint density at radius 2 is 0.886 bits per heavy atom. The molecule has 0 spiro atoms. The fraction of sp³-hybridized carbons (Fsp3) is 0.545. The van der Waals surface area contributed by atoms with Crippen LogP contribution in [0.3, 0.4) is 0 Å². The number of hydrogen-bond donors (Lipinski definition) is 0. The predicted octanol–water partition coefficient (Wildman–Crippen LogP) is 16.7. The molecule has 486 valence electrons. The Labute approximate surface area is 509 Å². The van der Waals surface area contributed by atoms with Gasteiger partial charge in [-0.1, -0.05) is 106 Å². The number of aromatic nitrogens is 1. The van der Waals surface area contributed by atoms with Gasteiger partial charge in [0.15, 0.2) is 0 Å². The SMILES string of the molecule is CCC(CC)(c1ccc(CCC(OCOC)(C(F)(F)F)C(F)(F)F)c(C)c1)c1ccc(-c2cncc(CC(=O)OC)c2)c(C)c1.CCC(CC)(c1ccc(CCC(OCOC)(C(F)(F)F)C(F)(F)F)c(C)c1)c1ccc(B2OC(C)(C)C(C)(C)O2)c(C)c1. The van der Waals surface area contributed by atoms with Gasteiger partial charge in [0.2, 0.25) is 0 Å². The zero-order chi connectivity index (χ0) is 66.3. The third kappa shape index (κ3) is 15.1. The highest BCUT2D eigenvalue weighted by atomic mass is 19.4. The molecule has 0 radical (unpaired) electrons. The molecule has 4 aromatic carbocycles. The summed E-state index contributed by atoms with van der Waals surface area (Å²) < 4.78 is 201. The smallest absolute Gasteiger partial charge is 0.469 e. The van der Waals surface area contributed by atoms with Crippen molar-refractivity contribution in [1.82, 2.24) is 4.98 Å². The third-order valence-corrected chi connectivity index (χ3v) is 18.2. The van der Waals surface area contributed by atoms with E-state index >= 15 is 0 Å². The van der Waals surface area contributed by atoms with E-state index in [9.17, 15) is 57.5 Å². The van der Waals surface area contributed by atoms with Crippen LogP contribution in [-0.2, 0) is 67.9 Å². The molecule has 1 aromatic heterocycles. The fourth-order valence-electron chi connectivity index (χ4n) is 11.8. The van der Waals surface area contributed by atoms with Crippen molar-refractivity contribution in [2.24, 2.45) is 0 Å². The van der Waals surface area contributed by atoms with Crippen LogP contribution in [0, 0.1) is 27.7 Å². The molecule has 1 aliphatic heterocycles. The number of aryl methyl sites for hydroxylation is 6. The highest BCUT2D eigenvalue weighted by molar-refractivity contribution is 6.62. The summed E-state index contributed by atoms with van der Waals surface area (Å²) in [6.45, 7) is 21.3. The molecule has 1 fully saturated rings. The maximum absolute atomic E-state index is 13.8. The van der Waals surface area contributed by atoms with Gasteiger partial charge in [0.05, 0.1) is 24.7 Å². The molecule has 0 unspecified atom stereocenters. The third-order valence-electron chi connectivity index (χ3n) is 18.2. The number of benzene rings is 4. The highest BCUT2D eigenvalue weighted by Crippen LogP contribution is 2.51. The molecule has 22 heteroatoms. The minimum Gasteiger partial charge on any atom is -0.469 e. The molecule has 0 aliphatic carbocycles. The topological polar surface area (TPSA) is 94.6 Å². The van der Waals surface area contributed by atoms with Crippen LogP contribution in [-0.4, -0.2) is 100 Å². The van der Waals surface area contributed by atoms with E-state index in [0.29, 0.717) is 35.1 Å². The number of esters is 1. The van der Waals surface area contributed by atoms with E-state index in [0.717, 1.165) is 82.6 Å². The predicted molar refractivity (Wildman–Crippen MR) is 314 cm³/mol. The molecular formula is C66H82BF12NO8. The van der Waals surface area contributed by atoms with Gasteiger partial charge in [-0.05, 0) is 179 Å². The first kappa shape index (κ1) is 73.2. The van der Waals surface area contributed by atoms with Crippen molar-refractivity contribution in [2.45, 2.75) is 199 Å². The number of ether oxygens (including phenoxy) is 5. The first-order chi connectivity index (χ1) is 40.8. The highest BCUT2D eigenvalue weighted by Gasteiger charge is 2.73. The van der Waals surface area contributed by atoms with Crippen molar-refractivity contribution in [1.29, 1.82) is 0 Å². The van der Waals surface area contributed by atoms with Gasteiger partial charge in [0.1, 0.15) is 13.6 Å². The first-order valence-corrected chi connectivity index (χ1v) is 29.1. The van der Waals surface area contributed by atoms with E-state index in [2.05, 4.69) is 56.0 Å². The molecule has 0 bridgehead atoms. The second kappa shape index (κ2) is 28.3. The number of carbonyl (C=O) groups excluding carboxylic acids is 1. The van der Waals surface area contributed by atoms with E-state index in [1.165, 1.54) is 7.11 Å². The lowest BCUT2D eigenvalue weighted by Gasteiger charge is -2.37. The van der Waals surface area contributed by atoms with Crippen molar-refractivity contribution in [3.63, 3.8) is 0 Å². The molecule has 9 nitrogen and oxygen atoms in total. The average Bonchev–Trinajstić information content (AvgIpc) is 3.06. The number of methoxy groups -OCH3 is 3. The standard InChI is InChI=1S/C34H39F6NO4.C32H43BF6O4/c1-7-31(8-2,28-11-12-29(23(4)16-28)26-17-24(19-41-20-26)18-30(42)44-6)27-10-9-25(22(3)15-27)13-14-32(33(35,36)37,34(38,39)40)45-21-43-5;1-10-29(11-2,25-14-15-26(22(4)19-25)33-42-27(5,6)28(7,8)43-33)24-13-12-23(21(3)18-24)16-17-30(31(34,35)36,32(37,38)39)41-20-40-9/h9-12,15-17,19-20H,7-8,13-14,18,21H2,1-6H3;12-15,18-19H,10-11,16-17,20H2,1-9H3. The number of rotatable bonds is 24. The Morgan fingerprint density at radius 1 is 0.511 bits per heavy atom. The summed E-state index contributed by atoms with van der Waals surface area (Å²) >= 11 is 0. The largest absolute Gasteiger partial charge is 0.495 e. The minimum absolute atomic E-state index is 0.103. The minimum atomic E-state index is -5.69. The summed E-state index contributed by atoms with van der Waals surface area (Å²) in [6, 6.07) is 24.8. The second-order valence-corrected chi connectivity index (χ2v) is 23.6. The van der Waals surface area contributed by atoms with Gasteiger partial charge in [0, 0.05) is 43.0 Å².